The van der Waals surface area contributed by atoms with Crippen molar-refractivity contribution in [1.82, 2.24) is 25.9 Å². The van der Waals surface area contributed by atoms with Crippen LogP contribution in [0.1, 0.15) is 5.82 Å². The van der Waals surface area contributed by atoms with E-state index in [1.165, 1.54) is 0 Å². The van der Waals surface area contributed by atoms with Crippen molar-refractivity contribution in [1.29, 1.82) is 0 Å². The maximum absolute atomic E-state index is 9.90. The maximum atomic E-state index is 9.90. The molecular formula is C3H5N5O2. The second-order valence-corrected chi connectivity index (χ2v) is 1.49. The summed E-state index contributed by atoms with van der Waals surface area (Å²) in [5.41, 5.74) is 0. The number of amides is 1. The zero-order valence-electron chi connectivity index (χ0n) is 4.90. The van der Waals surface area contributed by atoms with E-state index in [-0.39, 0.29) is 6.54 Å². The molecule has 0 atom stereocenters. The maximum Gasteiger partial charge on any atom is 0.405 e. The quantitative estimate of drug-likeness (QED) is 0.491. The monoisotopic (exact) mass is 143 g/mol. The fourth-order valence-corrected chi connectivity index (χ4v) is 0.412. The minimum absolute atomic E-state index is 0.0752. The van der Waals surface area contributed by atoms with Crippen molar-refractivity contribution in [2.45, 2.75) is 6.54 Å². The highest BCUT2D eigenvalue weighted by atomic mass is 16.4. The molecule has 1 heterocycles. The standard InChI is InChI=1S/C3H5N5O2/c9-3(10)4-1-2-5-7-8-6-2/h4H,1H2,(H,9,10)(H,5,6,7,8). The summed E-state index contributed by atoms with van der Waals surface area (Å²) in [5, 5.41) is 22.6. The summed E-state index contributed by atoms with van der Waals surface area (Å²) in [5.74, 6) is 0.322. The number of H-pyrrole nitrogens is 1. The summed E-state index contributed by atoms with van der Waals surface area (Å²) in [7, 11) is 0. The zero-order chi connectivity index (χ0) is 7.40. The van der Waals surface area contributed by atoms with Gasteiger partial charge in [-0.25, -0.2) is 4.79 Å². The van der Waals surface area contributed by atoms with E-state index in [0.29, 0.717) is 5.82 Å². The Hall–Kier alpha value is -1.66. The van der Waals surface area contributed by atoms with Gasteiger partial charge in [-0.1, -0.05) is 5.21 Å². The molecular weight excluding hydrogens is 138 g/mol. The summed E-state index contributed by atoms with van der Waals surface area (Å²) in [6.07, 6.45) is -1.11. The van der Waals surface area contributed by atoms with Crippen LogP contribution in [-0.2, 0) is 6.54 Å². The van der Waals surface area contributed by atoms with Crippen LogP contribution in [-0.4, -0.2) is 31.8 Å². The smallest absolute Gasteiger partial charge is 0.405 e. The fourth-order valence-electron chi connectivity index (χ4n) is 0.412. The van der Waals surface area contributed by atoms with Gasteiger partial charge in [0, 0.05) is 0 Å². The number of carbonyl (C=O) groups is 1. The predicted molar refractivity (Wildman–Crippen MR) is 29.0 cm³/mol. The Labute approximate surface area is 55.4 Å². The molecule has 3 N–H and O–H groups in total. The highest BCUT2D eigenvalue weighted by Gasteiger charge is 1.98. The number of tetrazole rings is 1. The van der Waals surface area contributed by atoms with Crippen LogP contribution < -0.4 is 5.32 Å². The molecule has 0 radical (unpaired) electrons. The predicted octanol–water partition coefficient (Wildman–Crippen LogP) is -1.03. The lowest BCUT2D eigenvalue weighted by molar-refractivity contribution is 0.193. The van der Waals surface area contributed by atoms with Crippen LogP contribution in [0.5, 0.6) is 0 Å². The molecule has 1 rings (SSSR count). The second kappa shape index (κ2) is 2.76. The van der Waals surface area contributed by atoms with E-state index in [9.17, 15) is 4.79 Å². The summed E-state index contributed by atoms with van der Waals surface area (Å²) in [6, 6.07) is 0. The Bertz CT molecular complexity index is 207. The van der Waals surface area contributed by atoms with Gasteiger partial charge < -0.3 is 10.4 Å². The Morgan fingerprint density at radius 3 is 3.10 bits per heavy atom. The number of hydrogen-bond acceptors (Lipinski definition) is 4. The molecule has 10 heavy (non-hydrogen) atoms. The first kappa shape index (κ1) is 6.46. The lowest BCUT2D eigenvalue weighted by Gasteiger charge is -1.91. The highest BCUT2D eigenvalue weighted by Crippen LogP contribution is 1.79. The van der Waals surface area contributed by atoms with Crippen molar-refractivity contribution >= 4 is 6.09 Å². The van der Waals surface area contributed by atoms with Gasteiger partial charge >= 0.3 is 6.09 Å². The summed E-state index contributed by atoms with van der Waals surface area (Å²) in [4.78, 5) is 9.90. The lowest BCUT2D eigenvalue weighted by Crippen LogP contribution is -2.20. The van der Waals surface area contributed by atoms with Gasteiger partial charge in [0.15, 0.2) is 5.82 Å². The minimum atomic E-state index is -1.11. The van der Waals surface area contributed by atoms with E-state index < -0.39 is 6.09 Å². The van der Waals surface area contributed by atoms with Gasteiger partial charge in [0.05, 0.1) is 6.54 Å². The van der Waals surface area contributed by atoms with Crippen molar-refractivity contribution in [3.63, 3.8) is 0 Å². The van der Waals surface area contributed by atoms with Gasteiger partial charge in [0.25, 0.3) is 0 Å². The normalized spacial score (nSPS) is 9.20. The molecule has 0 aliphatic heterocycles. The second-order valence-electron chi connectivity index (χ2n) is 1.49. The number of hydrogen-bond donors (Lipinski definition) is 3. The third-order valence-electron chi connectivity index (χ3n) is 0.787. The third kappa shape index (κ3) is 1.69. The van der Waals surface area contributed by atoms with Crippen LogP contribution in [0.3, 0.4) is 0 Å². The molecule has 7 nitrogen and oxygen atoms in total. The molecule has 1 aromatic heterocycles. The van der Waals surface area contributed by atoms with Gasteiger partial charge in [0.1, 0.15) is 0 Å². The Morgan fingerprint density at radius 1 is 1.80 bits per heavy atom. The number of carboxylic acid groups (broad SMARTS) is 1. The van der Waals surface area contributed by atoms with Crippen LogP contribution in [0, 0.1) is 0 Å². The van der Waals surface area contributed by atoms with E-state index in [2.05, 4.69) is 25.9 Å². The van der Waals surface area contributed by atoms with Gasteiger partial charge in [0.2, 0.25) is 0 Å². The Balaban J connectivity index is 2.35. The Morgan fingerprint density at radius 2 is 2.60 bits per heavy atom. The van der Waals surface area contributed by atoms with E-state index in [1.807, 2.05) is 0 Å². The first-order valence-electron chi connectivity index (χ1n) is 2.48. The van der Waals surface area contributed by atoms with Crippen LogP contribution in [0.15, 0.2) is 0 Å². The SMILES string of the molecule is O=C(O)NCc1nn[nH]n1. The van der Waals surface area contributed by atoms with Crippen molar-refractivity contribution in [3.8, 4) is 0 Å². The van der Waals surface area contributed by atoms with Crippen molar-refractivity contribution in [2.75, 3.05) is 0 Å². The van der Waals surface area contributed by atoms with Crippen LogP contribution in [0.4, 0.5) is 4.79 Å². The molecule has 0 bridgehead atoms. The first-order chi connectivity index (χ1) is 4.79. The highest BCUT2D eigenvalue weighted by molar-refractivity contribution is 5.64. The molecule has 0 spiro atoms. The molecule has 1 aromatic rings. The van der Waals surface area contributed by atoms with Gasteiger partial charge in [-0.05, 0) is 0 Å². The van der Waals surface area contributed by atoms with Crippen molar-refractivity contribution in [2.24, 2.45) is 0 Å². The fraction of sp³-hybridized carbons (Fsp3) is 0.333. The molecule has 1 amide bonds. The first-order valence-corrected chi connectivity index (χ1v) is 2.48. The molecule has 0 saturated heterocycles. The third-order valence-corrected chi connectivity index (χ3v) is 0.787. The van der Waals surface area contributed by atoms with Gasteiger partial charge in [-0.3, -0.25) is 0 Å². The number of nitrogens with one attached hydrogen (secondary N) is 2. The molecule has 7 heteroatoms. The van der Waals surface area contributed by atoms with E-state index in [4.69, 9.17) is 5.11 Å². The van der Waals surface area contributed by atoms with Crippen molar-refractivity contribution < 1.29 is 9.90 Å². The molecule has 0 unspecified atom stereocenters. The molecule has 0 saturated carbocycles. The van der Waals surface area contributed by atoms with Crippen molar-refractivity contribution in [3.05, 3.63) is 5.82 Å². The summed E-state index contributed by atoms with van der Waals surface area (Å²) < 4.78 is 0. The van der Waals surface area contributed by atoms with Crippen LogP contribution >= 0.6 is 0 Å². The topological polar surface area (TPSA) is 104 Å². The number of nitrogens with zero attached hydrogens (tertiary/aromatic N) is 3. The minimum Gasteiger partial charge on any atom is -0.465 e. The average Bonchev–Trinajstić information content (AvgIpc) is 2.34. The molecule has 54 valence electrons. The molecule has 0 aliphatic rings. The zero-order valence-corrected chi connectivity index (χ0v) is 4.90. The van der Waals surface area contributed by atoms with Crippen LogP contribution in [0.2, 0.25) is 0 Å². The average molecular weight is 143 g/mol. The van der Waals surface area contributed by atoms with E-state index in [0.717, 1.165) is 0 Å². The lowest BCUT2D eigenvalue weighted by atomic mass is 10.6. The van der Waals surface area contributed by atoms with Gasteiger partial charge in [-0.15, -0.1) is 10.2 Å². The van der Waals surface area contributed by atoms with Gasteiger partial charge in [-0.2, -0.15) is 5.21 Å². The van der Waals surface area contributed by atoms with E-state index in [1.54, 1.807) is 0 Å². The number of rotatable bonds is 2. The van der Waals surface area contributed by atoms with Crippen LogP contribution in [0.25, 0.3) is 0 Å². The Kier molecular flexibility index (Phi) is 1.78. The molecule has 0 fully saturated rings. The number of aromatic nitrogens is 4. The summed E-state index contributed by atoms with van der Waals surface area (Å²) >= 11 is 0. The summed E-state index contributed by atoms with van der Waals surface area (Å²) in [6.45, 7) is 0.0752. The largest absolute Gasteiger partial charge is 0.465 e. The number of aromatic amines is 1. The molecule has 0 aliphatic carbocycles. The van der Waals surface area contributed by atoms with E-state index >= 15 is 0 Å². The molecule has 0 aromatic carbocycles.